The highest BCUT2D eigenvalue weighted by molar-refractivity contribution is 5.74. The van der Waals surface area contributed by atoms with Gasteiger partial charge in [-0.15, -0.1) is 0 Å². The van der Waals surface area contributed by atoms with Gasteiger partial charge in [0.1, 0.15) is 5.54 Å². The lowest BCUT2D eigenvalue weighted by Gasteiger charge is -2.38. The molecule has 1 aliphatic rings. The summed E-state index contributed by atoms with van der Waals surface area (Å²) in [6.45, 7) is 1.90. The lowest BCUT2D eigenvalue weighted by Crippen LogP contribution is -2.55. The van der Waals surface area contributed by atoms with Crippen molar-refractivity contribution in [3.63, 3.8) is 0 Å². The molecule has 0 atom stereocenters. The number of nitriles is 1. The predicted molar refractivity (Wildman–Crippen MR) is 70.2 cm³/mol. The molecular weight excluding hydrogens is 246 g/mol. The zero-order chi connectivity index (χ0) is 14.3. The quantitative estimate of drug-likeness (QED) is 0.353. The van der Waals surface area contributed by atoms with Crippen molar-refractivity contribution in [2.45, 2.75) is 18.4 Å². The Morgan fingerprint density at radius 1 is 1.58 bits per heavy atom. The number of amides is 2. The first-order valence-corrected chi connectivity index (χ1v) is 6.18. The average Bonchev–Trinajstić information content (AvgIpc) is 2.43. The summed E-state index contributed by atoms with van der Waals surface area (Å²) in [4.78, 5) is 17.7. The summed E-state index contributed by atoms with van der Waals surface area (Å²) in [6, 6.07) is 2.26. The monoisotopic (exact) mass is 265 g/mol. The Morgan fingerprint density at radius 3 is 2.68 bits per heavy atom. The van der Waals surface area contributed by atoms with Gasteiger partial charge in [0.05, 0.1) is 6.07 Å². The second-order valence-corrected chi connectivity index (χ2v) is 4.74. The molecule has 1 fully saturated rings. The van der Waals surface area contributed by atoms with Crippen LogP contribution in [-0.4, -0.2) is 61.6 Å². The molecule has 19 heavy (non-hydrogen) atoms. The standard InChI is InChI=1S/C11H19N7O/c1-17(2)10(19)18-7-3-11(9-12,4-8-18)14-5-6-15-16-13/h14H,3-8H2,1-2H3. The number of rotatable bonds is 4. The van der Waals surface area contributed by atoms with Crippen molar-refractivity contribution < 1.29 is 4.79 Å². The van der Waals surface area contributed by atoms with Crippen LogP contribution in [0.25, 0.3) is 10.4 Å². The second-order valence-electron chi connectivity index (χ2n) is 4.74. The summed E-state index contributed by atoms with van der Waals surface area (Å²) < 4.78 is 0. The number of hydrogen-bond donors (Lipinski definition) is 1. The highest BCUT2D eigenvalue weighted by Gasteiger charge is 2.35. The van der Waals surface area contributed by atoms with Crippen LogP contribution in [0.1, 0.15) is 12.8 Å². The van der Waals surface area contributed by atoms with E-state index in [1.807, 2.05) is 0 Å². The van der Waals surface area contributed by atoms with Gasteiger partial charge in [-0.2, -0.15) is 5.26 Å². The van der Waals surface area contributed by atoms with Crippen LogP contribution >= 0.6 is 0 Å². The SMILES string of the molecule is CN(C)C(=O)N1CCC(C#N)(NCCN=[N+]=[N-])CC1. The van der Waals surface area contributed by atoms with Crippen LogP contribution in [0.4, 0.5) is 4.79 Å². The third-order valence-corrected chi connectivity index (χ3v) is 3.22. The van der Waals surface area contributed by atoms with Crippen molar-refractivity contribution in [1.82, 2.24) is 15.1 Å². The lowest BCUT2D eigenvalue weighted by atomic mass is 9.89. The summed E-state index contributed by atoms with van der Waals surface area (Å²) in [5.74, 6) is 0. The fourth-order valence-corrected chi connectivity index (χ4v) is 2.08. The van der Waals surface area contributed by atoms with Gasteiger partial charge >= 0.3 is 6.03 Å². The minimum absolute atomic E-state index is 0.0272. The number of likely N-dealkylation sites (tertiary alicyclic amines) is 1. The number of hydrogen-bond acceptors (Lipinski definition) is 4. The number of nitrogens with one attached hydrogen (secondary N) is 1. The van der Waals surface area contributed by atoms with Crippen LogP contribution in [0.5, 0.6) is 0 Å². The predicted octanol–water partition coefficient (Wildman–Crippen LogP) is 0.926. The van der Waals surface area contributed by atoms with E-state index >= 15 is 0 Å². The molecule has 2 amide bonds. The minimum Gasteiger partial charge on any atom is -0.331 e. The van der Waals surface area contributed by atoms with E-state index in [2.05, 4.69) is 21.4 Å². The van der Waals surface area contributed by atoms with Gasteiger partial charge in [-0.05, 0) is 18.4 Å². The first-order valence-electron chi connectivity index (χ1n) is 6.18. The molecule has 0 aliphatic carbocycles. The van der Waals surface area contributed by atoms with E-state index in [0.29, 0.717) is 39.0 Å². The zero-order valence-corrected chi connectivity index (χ0v) is 11.3. The zero-order valence-electron chi connectivity index (χ0n) is 11.3. The molecule has 0 unspecified atom stereocenters. The van der Waals surface area contributed by atoms with E-state index in [9.17, 15) is 10.1 Å². The van der Waals surface area contributed by atoms with Gasteiger partial charge in [-0.3, -0.25) is 5.32 Å². The summed E-state index contributed by atoms with van der Waals surface area (Å²) in [5, 5.41) is 15.9. The smallest absolute Gasteiger partial charge is 0.319 e. The Kier molecular flexibility index (Phi) is 5.42. The molecule has 1 saturated heterocycles. The fourth-order valence-electron chi connectivity index (χ4n) is 2.08. The maximum Gasteiger partial charge on any atom is 0.319 e. The van der Waals surface area contributed by atoms with Crippen LogP contribution < -0.4 is 5.32 Å². The topological polar surface area (TPSA) is 108 Å². The molecule has 1 heterocycles. The summed E-state index contributed by atoms with van der Waals surface area (Å²) in [5.41, 5.74) is 7.57. The van der Waals surface area contributed by atoms with Crippen molar-refractivity contribution in [1.29, 1.82) is 5.26 Å². The van der Waals surface area contributed by atoms with Gasteiger partial charge < -0.3 is 9.80 Å². The molecule has 1 aliphatic heterocycles. The summed E-state index contributed by atoms with van der Waals surface area (Å²) in [6.07, 6.45) is 1.17. The Bertz CT molecular complexity index is 400. The Labute approximate surface area is 112 Å². The third-order valence-electron chi connectivity index (χ3n) is 3.22. The van der Waals surface area contributed by atoms with Crippen molar-refractivity contribution in [2.24, 2.45) is 5.11 Å². The van der Waals surface area contributed by atoms with Crippen molar-refractivity contribution >= 4 is 6.03 Å². The van der Waals surface area contributed by atoms with Gasteiger partial charge in [0.25, 0.3) is 0 Å². The van der Waals surface area contributed by atoms with E-state index in [0.717, 1.165) is 0 Å². The van der Waals surface area contributed by atoms with Crippen LogP contribution in [-0.2, 0) is 0 Å². The fraction of sp³-hybridized carbons (Fsp3) is 0.818. The first-order chi connectivity index (χ1) is 9.04. The van der Waals surface area contributed by atoms with Crippen LogP contribution in [0, 0.1) is 11.3 Å². The molecule has 0 aromatic rings. The highest BCUT2D eigenvalue weighted by Crippen LogP contribution is 2.22. The molecule has 0 bridgehead atoms. The van der Waals surface area contributed by atoms with Gasteiger partial charge in [0.2, 0.25) is 0 Å². The molecule has 1 rings (SSSR count). The normalized spacial score (nSPS) is 17.2. The number of urea groups is 1. The molecule has 8 nitrogen and oxygen atoms in total. The number of carbonyl (C=O) groups excluding carboxylic acids is 1. The number of azide groups is 1. The van der Waals surface area contributed by atoms with Crippen molar-refractivity contribution in [3.8, 4) is 6.07 Å². The molecule has 0 saturated carbocycles. The second kappa shape index (κ2) is 6.83. The maximum atomic E-state index is 11.8. The maximum absolute atomic E-state index is 11.8. The molecule has 0 aromatic heterocycles. The van der Waals surface area contributed by atoms with Crippen LogP contribution in [0.2, 0.25) is 0 Å². The summed E-state index contributed by atoms with van der Waals surface area (Å²) >= 11 is 0. The largest absolute Gasteiger partial charge is 0.331 e. The number of nitrogens with zero attached hydrogens (tertiary/aromatic N) is 6. The van der Waals surface area contributed by atoms with Gasteiger partial charge in [-0.25, -0.2) is 4.79 Å². The Balaban J connectivity index is 2.50. The van der Waals surface area contributed by atoms with E-state index < -0.39 is 5.54 Å². The summed E-state index contributed by atoms with van der Waals surface area (Å²) in [7, 11) is 3.43. The van der Waals surface area contributed by atoms with Crippen LogP contribution in [0.15, 0.2) is 5.11 Å². The molecule has 1 N–H and O–H groups in total. The Morgan fingerprint density at radius 2 is 2.21 bits per heavy atom. The molecule has 104 valence electrons. The molecule has 0 aromatic carbocycles. The van der Waals surface area contributed by atoms with Gasteiger partial charge in [0.15, 0.2) is 0 Å². The van der Waals surface area contributed by atoms with E-state index in [1.165, 1.54) is 4.90 Å². The van der Waals surface area contributed by atoms with Crippen LogP contribution in [0.3, 0.4) is 0 Å². The molecule has 0 radical (unpaired) electrons. The third kappa shape index (κ3) is 4.02. The number of carbonyl (C=O) groups is 1. The van der Waals surface area contributed by atoms with Crippen molar-refractivity contribution in [3.05, 3.63) is 10.4 Å². The number of piperidine rings is 1. The van der Waals surface area contributed by atoms with E-state index in [1.54, 1.807) is 19.0 Å². The lowest BCUT2D eigenvalue weighted by molar-refractivity contribution is 0.141. The molecular formula is C11H19N7O. The van der Waals surface area contributed by atoms with Crippen molar-refractivity contribution in [2.75, 3.05) is 40.3 Å². The molecule has 8 heteroatoms. The van der Waals surface area contributed by atoms with Gasteiger partial charge in [0, 0.05) is 45.2 Å². The minimum atomic E-state index is -0.617. The van der Waals surface area contributed by atoms with E-state index in [4.69, 9.17) is 5.53 Å². The Hall–Kier alpha value is -1.97. The van der Waals surface area contributed by atoms with Gasteiger partial charge in [-0.1, -0.05) is 5.11 Å². The average molecular weight is 265 g/mol. The van der Waals surface area contributed by atoms with E-state index in [-0.39, 0.29) is 6.03 Å². The molecule has 0 spiro atoms. The highest BCUT2D eigenvalue weighted by atomic mass is 16.2. The first kappa shape index (κ1) is 15.1.